The molecule has 0 aromatic heterocycles. The van der Waals surface area contributed by atoms with E-state index in [1.54, 1.807) is 6.92 Å². The molecule has 9 heteroatoms. The smallest absolute Gasteiger partial charge is 0.322 e. The van der Waals surface area contributed by atoms with Gasteiger partial charge in [0.05, 0.1) is 4.90 Å². The van der Waals surface area contributed by atoms with Crippen molar-refractivity contribution in [3.05, 3.63) is 24.3 Å². The van der Waals surface area contributed by atoms with Crippen molar-refractivity contribution in [3.63, 3.8) is 0 Å². The summed E-state index contributed by atoms with van der Waals surface area (Å²) in [7, 11) is -4.05. The van der Waals surface area contributed by atoms with E-state index in [9.17, 15) is 23.1 Å². The van der Waals surface area contributed by atoms with E-state index in [2.05, 4.69) is 11.8 Å². The molecule has 0 saturated carbocycles. The van der Waals surface area contributed by atoms with E-state index in [-0.39, 0.29) is 30.4 Å². The van der Waals surface area contributed by atoms with Crippen molar-refractivity contribution in [1.82, 2.24) is 5.01 Å². The number of carbonyl (C=O) groups excluding carboxylic acids is 1. The molecule has 1 aromatic carbocycles. The second-order valence-corrected chi connectivity index (χ2v) is 7.90. The number of ether oxygens (including phenoxy) is 1. The van der Waals surface area contributed by atoms with Crippen molar-refractivity contribution in [2.45, 2.75) is 43.3 Å². The molecule has 1 atom stereocenters. The highest BCUT2D eigenvalue weighted by atomic mass is 32.2. The molecule has 0 radical (unpaired) electrons. The molecule has 1 amide bonds. The first-order valence-electron chi connectivity index (χ1n) is 8.32. The molecule has 0 aliphatic rings. The number of hydrogen-bond donors (Lipinski definition) is 2. The number of carbonyl (C=O) groups is 2. The number of hydrazine groups is 1. The SMILES string of the molecule is CC#CCOc1ccc(S(=O)(=O)C(CCCCN(N)C(C)=O)C(=O)O)cc1. The fourth-order valence-corrected chi connectivity index (χ4v) is 3.85. The van der Waals surface area contributed by atoms with E-state index < -0.39 is 21.1 Å². The standard InChI is InChI=1S/C18H24N2O6S/c1-3-4-13-26-15-8-10-16(11-9-15)27(24,25)17(18(22)23)7-5-6-12-20(19)14(2)21/h8-11,17H,5-7,12-13,19H2,1-2H3,(H,22,23). The minimum Gasteiger partial charge on any atom is -0.481 e. The molecule has 0 aliphatic heterocycles. The van der Waals surface area contributed by atoms with Crippen LogP contribution in [-0.4, -0.2) is 48.8 Å². The average Bonchev–Trinajstić information content (AvgIpc) is 2.61. The third-order valence-electron chi connectivity index (χ3n) is 3.81. The van der Waals surface area contributed by atoms with E-state index in [0.29, 0.717) is 18.6 Å². The number of hydrogen-bond acceptors (Lipinski definition) is 6. The first-order valence-corrected chi connectivity index (χ1v) is 9.86. The molecule has 0 spiro atoms. The molecule has 0 fully saturated rings. The van der Waals surface area contributed by atoms with E-state index in [1.807, 2.05) is 0 Å². The van der Waals surface area contributed by atoms with Gasteiger partial charge < -0.3 is 9.84 Å². The number of nitrogens with two attached hydrogens (primary N) is 1. The van der Waals surface area contributed by atoms with Crippen molar-refractivity contribution in [1.29, 1.82) is 0 Å². The monoisotopic (exact) mass is 396 g/mol. The molecule has 3 N–H and O–H groups in total. The number of benzene rings is 1. The lowest BCUT2D eigenvalue weighted by Crippen LogP contribution is -2.36. The topological polar surface area (TPSA) is 127 Å². The van der Waals surface area contributed by atoms with Gasteiger partial charge in [0.15, 0.2) is 15.1 Å². The van der Waals surface area contributed by atoms with Gasteiger partial charge in [-0.05, 0) is 50.5 Å². The molecule has 1 unspecified atom stereocenters. The van der Waals surface area contributed by atoms with Crippen LogP contribution in [0.15, 0.2) is 29.2 Å². The molecule has 1 aromatic rings. The van der Waals surface area contributed by atoms with Crippen LogP contribution < -0.4 is 10.6 Å². The summed E-state index contributed by atoms with van der Waals surface area (Å²) in [5, 5.41) is 8.79. The van der Waals surface area contributed by atoms with Crippen LogP contribution in [0.25, 0.3) is 0 Å². The zero-order valence-electron chi connectivity index (χ0n) is 15.3. The first-order chi connectivity index (χ1) is 12.7. The number of rotatable bonds is 10. The Hall–Kier alpha value is -2.57. The zero-order valence-corrected chi connectivity index (χ0v) is 16.2. The van der Waals surface area contributed by atoms with Crippen LogP contribution >= 0.6 is 0 Å². The van der Waals surface area contributed by atoms with Crippen LogP contribution in [0.3, 0.4) is 0 Å². The highest BCUT2D eigenvalue weighted by Gasteiger charge is 2.33. The predicted molar refractivity (Wildman–Crippen MR) is 99.4 cm³/mol. The highest BCUT2D eigenvalue weighted by molar-refractivity contribution is 7.92. The fraction of sp³-hybridized carbons (Fsp3) is 0.444. The average molecular weight is 396 g/mol. The summed E-state index contributed by atoms with van der Waals surface area (Å²) in [6, 6.07) is 5.55. The summed E-state index contributed by atoms with van der Waals surface area (Å²) in [5.74, 6) is 9.56. The van der Waals surface area contributed by atoms with Crippen LogP contribution in [0, 0.1) is 11.8 Å². The van der Waals surface area contributed by atoms with Gasteiger partial charge in [0.25, 0.3) is 0 Å². The van der Waals surface area contributed by atoms with Crippen LogP contribution in [0.2, 0.25) is 0 Å². The first kappa shape index (κ1) is 22.5. The Balaban J connectivity index is 2.78. The predicted octanol–water partition coefficient (Wildman–Crippen LogP) is 1.21. The molecule has 0 heterocycles. The van der Waals surface area contributed by atoms with Gasteiger partial charge in [0.1, 0.15) is 12.4 Å². The van der Waals surface area contributed by atoms with Gasteiger partial charge in [-0.2, -0.15) is 0 Å². The van der Waals surface area contributed by atoms with Crippen LogP contribution in [0.4, 0.5) is 0 Å². The zero-order chi connectivity index (χ0) is 20.4. The minimum atomic E-state index is -4.05. The van der Waals surface area contributed by atoms with Gasteiger partial charge >= 0.3 is 5.97 Å². The number of amides is 1. The van der Waals surface area contributed by atoms with Gasteiger partial charge in [0.2, 0.25) is 5.91 Å². The van der Waals surface area contributed by atoms with E-state index in [1.165, 1.54) is 31.2 Å². The highest BCUT2D eigenvalue weighted by Crippen LogP contribution is 2.23. The van der Waals surface area contributed by atoms with Crippen molar-refractivity contribution in [2.24, 2.45) is 5.84 Å². The maximum atomic E-state index is 12.6. The number of carboxylic acid groups (broad SMARTS) is 1. The van der Waals surface area contributed by atoms with Crippen molar-refractivity contribution in [2.75, 3.05) is 13.2 Å². The lowest BCUT2D eigenvalue weighted by Gasteiger charge is -2.16. The number of carboxylic acids is 1. The molecule has 8 nitrogen and oxygen atoms in total. The molecule has 0 saturated heterocycles. The number of unbranched alkanes of at least 4 members (excludes halogenated alkanes) is 1. The van der Waals surface area contributed by atoms with E-state index >= 15 is 0 Å². The van der Waals surface area contributed by atoms with Crippen LogP contribution in [0.1, 0.15) is 33.1 Å². The summed E-state index contributed by atoms with van der Waals surface area (Å²) in [6.07, 6.45) is 0.627. The van der Waals surface area contributed by atoms with Crippen LogP contribution in [0.5, 0.6) is 5.75 Å². The lowest BCUT2D eigenvalue weighted by molar-refractivity contribution is -0.136. The van der Waals surface area contributed by atoms with Gasteiger partial charge in [-0.25, -0.2) is 14.3 Å². The van der Waals surface area contributed by atoms with E-state index in [4.69, 9.17) is 10.6 Å². The Labute approximate surface area is 159 Å². The number of aliphatic carboxylic acids is 1. The van der Waals surface area contributed by atoms with E-state index in [0.717, 1.165) is 5.01 Å². The normalized spacial score (nSPS) is 11.8. The molecule has 27 heavy (non-hydrogen) atoms. The minimum absolute atomic E-state index is 0.0756. The molecule has 0 bridgehead atoms. The van der Waals surface area contributed by atoms with Crippen LogP contribution in [-0.2, 0) is 19.4 Å². The summed E-state index contributed by atoms with van der Waals surface area (Å²) in [6.45, 7) is 3.40. The Kier molecular flexibility index (Phi) is 8.78. The third-order valence-corrected chi connectivity index (χ3v) is 5.93. The van der Waals surface area contributed by atoms with Crippen molar-refractivity contribution in [3.8, 4) is 17.6 Å². The molecular formula is C18H24N2O6S. The quantitative estimate of drug-likeness (QED) is 0.200. The molecule has 1 rings (SSSR count). The summed E-state index contributed by atoms with van der Waals surface area (Å²) in [5.41, 5.74) is 0. The third kappa shape index (κ3) is 6.92. The summed E-state index contributed by atoms with van der Waals surface area (Å²) < 4.78 is 30.6. The van der Waals surface area contributed by atoms with Gasteiger partial charge in [0, 0.05) is 13.5 Å². The maximum absolute atomic E-state index is 12.6. The number of sulfone groups is 1. The van der Waals surface area contributed by atoms with Gasteiger partial charge in [-0.15, -0.1) is 5.92 Å². The Morgan fingerprint density at radius 3 is 2.41 bits per heavy atom. The lowest BCUT2D eigenvalue weighted by atomic mass is 10.2. The molecule has 0 aliphatic carbocycles. The van der Waals surface area contributed by atoms with Crippen molar-refractivity contribution >= 4 is 21.7 Å². The summed E-state index contributed by atoms with van der Waals surface area (Å²) in [4.78, 5) is 22.4. The Morgan fingerprint density at radius 1 is 1.26 bits per heavy atom. The largest absolute Gasteiger partial charge is 0.481 e. The Morgan fingerprint density at radius 2 is 1.89 bits per heavy atom. The summed E-state index contributed by atoms with van der Waals surface area (Å²) >= 11 is 0. The second-order valence-electron chi connectivity index (χ2n) is 5.77. The fourth-order valence-electron chi connectivity index (χ4n) is 2.26. The Bertz CT molecular complexity index is 808. The van der Waals surface area contributed by atoms with Gasteiger partial charge in [-0.1, -0.05) is 5.92 Å². The molecular weight excluding hydrogens is 372 g/mol. The second kappa shape index (κ2) is 10.5. The molecule has 148 valence electrons. The number of nitrogens with zero attached hydrogens (tertiary/aromatic N) is 1. The maximum Gasteiger partial charge on any atom is 0.322 e. The van der Waals surface area contributed by atoms with Gasteiger partial charge in [-0.3, -0.25) is 14.6 Å². The van der Waals surface area contributed by atoms with Crippen molar-refractivity contribution < 1.29 is 27.9 Å².